The lowest BCUT2D eigenvalue weighted by atomic mass is 10.2. The molecule has 3 rings (SSSR count). The fraction of sp³-hybridized carbons (Fsp3) is 0.571. The molecule has 8 heteroatoms. The lowest BCUT2D eigenvalue weighted by molar-refractivity contribution is 0.190. The van der Waals surface area contributed by atoms with Gasteiger partial charge in [-0.2, -0.15) is 4.98 Å². The van der Waals surface area contributed by atoms with E-state index in [0.29, 0.717) is 11.6 Å². The molecular formula is C14H20N6OS. The minimum Gasteiger partial charge on any atom is -0.338 e. The SMILES string of the molecule is Cc1cc(C)nc(SCc2nc(C3CNCCN3C)no2)n1. The van der Waals surface area contributed by atoms with Crippen LogP contribution in [0.15, 0.2) is 15.7 Å². The summed E-state index contributed by atoms with van der Waals surface area (Å²) in [4.78, 5) is 15.6. The van der Waals surface area contributed by atoms with Crippen molar-refractivity contribution in [1.29, 1.82) is 0 Å². The Labute approximate surface area is 133 Å². The van der Waals surface area contributed by atoms with Crippen molar-refractivity contribution in [3.8, 4) is 0 Å². The molecule has 1 unspecified atom stereocenters. The summed E-state index contributed by atoms with van der Waals surface area (Å²) in [7, 11) is 2.08. The molecule has 118 valence electrons. The number of rotatable bonds is 4. The molecule has 1 aliphatic heterocycles. The van der Waals surface area contributed by atoms with Crippen LogP contribution in [0.2, 0.25) is 0 Å². The van der Waals surface area contributed by atoms with Crippen LogP contribution in [-0.2, 0) is 5.75 Å². The summed E-state index contributed by atoms with van der Waals surface area (Å²) in [5, 5.41) is 8.21. The molecule has 0 saturated carbocycles. The van der Waals surface area contributed by atoms with Crippen LogP contribution in [-0.4, -0.2) is 51.7 Å². The molecule has 0 spiro atoms. The van der Waals surface area contributed by atoms with Crippen molar-refractivity contribution >= 4 is 11.8 Å². The molecule has 3 heterocycles. The van der Waals surface area contributed by atoms with Gasteiger partial charge in [0.25, 0.3) is 0 Å². The summed E-state index contributed by atoms with van der Waals surface area (Å²) in [6.45, 7) is 6.77. The van der Waals surface area contributed by atoms with Crippen LogP contribution in [0.3, 0.4) is 0 Å². The van der Waals surface area contributed by atoms with Gasteiger partial charge in [-0.3, -0.25) is 4.90 Å². The zero-order valence-electron chi connectivity index (χ0n) is 13.0. The van der Waals surface area contributed by atoms with Crippen molar-refractivity contribution in [3.63, 3.8) is 0 Å². The number of piperazine rings is 1. The van der Waals surface area contributed by atoms with Crippen molar-refractivity contribution in [2.24, 2.45) is 0 Å². The van der Waals surface area contributed by atoms with E-state index in [0.717, 1.165) is 42.0 Å². The van der Waals surface area contributed by atoms with E-state index in [1.807, 2.05) is 19.9 Å². The molecule has 1 fully saturated rings. The molecule has 2 aromatic rings. The van der Waals surface area contributed by atoms with E-state index in [1.165, 1.54) is 11.8 Å². The van der Waals surface area contributed by atoms with E-state index < -0.39 is 0 Å². The average Bonchev–Trinajstić information content (AvgIpc) is 2.93. The number of nitrogens with one attached hydrogen (secondary N) is 1. The summed E-state index contributed by atoms with van der Waals surface area (Å²) < 4.78 is 5.36. The van der Waals surface area contributed by atoms with Gasteiger partial charge in [-0.15, -0.1) is 0 Å². The first-order chi connectivity index (χ1) is 10.6. The number of hydrogen-bond donors (Lipinski definition) is 1. The first kappa shape index (κ1) is 15.4. The number of aromatic nitrogens is 4. The van der Waals surface area contributed by atoms with E-state index >= 15 is 0 Å². The highest BCUT2D eigenvalue weighted by Gasteiger charge is 2.25. The third-order valence-corrected chi connectivity index (χ3v) is 4.41. The highest BCUT2D eigenvalue weighted by molar-refractivity contribution is 7.98. The Balaban J connectivity index is 1.64. The van der Waals surface area contributed by atoms with E-state index in [1.54, 1.807) is 0 Å². The molecule has 0 radical (unpaired) electrons. The van der Waals surface area contributed by atoms with Gasteiger partial charge in [0.05, 0.1) is 11.8 Å². The van der Waals surface area contributed by atoms with Crippen LogP contribution in [0, 0.1) is 13.8 Å². The fourth-order valence-electron chi connectivity index (χ4n) is 2.44. The second-order valence-electron chi connectivity index (χ2n) is 5.47. The van der Waals surface area contributed by atoms with E-state index in [2.05, 4.69) is 37.4 Å². The van der Waals surface area contributed by atoms with Crippen LogP contribution < -0.4 is 5.32 Å². The summed E-state index contributed by atoms with van der Waals surface area (Å²) in [6.07, 6.45) is 0. The summed E-state index contributed by atoms with van der Waals surface area (Å²) >= 11 is 1.51. The van der Waals surface area contributed by atoms with Crippen molar-refractivity contribution in [2.45, 2.75) is 30.8 Å². The number of nitrogens with zero attached hydrogens (tertiary/aromatic N) is 5. The van der Waals surface area contributed by atoms with Gasteiger partial charge in [0, 0.05) is 31.0 Å². The first-order valence-corrected chi connectivity index (χ1v) is 8.29. The Bertz CT molecular complexity index is 626. The van der Waals surface area contributed by atoms with Gasteiger partial charge in [-0.05, 0) is 27.0 Å². The Morgan fingerprint density at radius 2 is 2.09 bits per heavy atom. The number of likely N-dealkylation sites (N-methyl/N-ethyl adjacent to an activating group) is 1. The molecule has 0 amide bonds. The fourth-order valence-corrected chi connectivity index (χ4v) is 3.23. The third-order valence-electron chi connectivity index (χ3n) is 3.58. The molecule has 1 N–H and O–H groups in total. The van der Waals surface area contributed by atoms with Crippen molar-refractivity contribution in [3.05, 3.63) is 29.2 Å². The number of aryl methyl sites for hydroxylation is 2. The van der Waals surface area contributed by atoms with Gasteiger partial charge >= 0.3 is 0 Å². The highest BCUT2D eigenvalue weighted by atomic mass is 32.2. The number of hydrogen-bond acceptors (Lipinski definition) is 8. The first-order valence-electron chi connectivity index (χ1n) is 7.30. The van der Waals surface area contributed by atoms with Gasteiger partial charge in [0.2, 0.25) is 5.89 Å². The van der Waals surface area contributed by atoms with Crippen LogP contribution in [0.4, 0.5) is 0 Å². The smallest absolute Gasteiger partial charge is 0.237 e. The molecule has 2 aromatic heterocycles. The minimum atomic E-state index is 0.175. The molecule has 1 atom stereocenters. The zero-order chi connectivity index (χ0) is 15.5. The summed E-state index contributed by atoms with van der Waals surface area (Å²) in [5.41, 5.74) is 1.94. The van der Waals surface area contributed by atoms with Gasteiger partial charge in [0.15, 0.2) is 11.0 Å². The second kappa shape index (κ2) is 6.72. The Morgan fingerprint density at radius 1 is 1.32 bits per heavy atom. The van der Waals surface area contributed by atoms with Crippen molar-refractivity contribution < 1.29 is 4.52 Å². The van der Waals surface area contributed by atoms with Gasteiger partial charge < -0.3 is 9.84 Å². The average molecular weight is 320 g/mol. The van der Waals surface area contributed by atoms with Crippen LogP contribution in [0.1, 0.15) is 29.1 Å². The van der Waals surface area contributed by atoms with E-state index in [9.17, 15) is 0 Å². The quantitative estimate of drug-likeness (QED) is 0.668. The summed E-state index contributed by atoms with van der Waals surface area (Å²) in [6, 6.07) is 2.13. The van der Waals surface area contributed by atoms with Crippen LogP contribution in [0.5, 0.6) is 0 Å². The Kier molecular flexibility index (Phi) is 4.70. The number of thioether (sulfide) groups is 1. The zero-order valence-corrected chi connectivity index (χ0v) is 13.9. The van der Waals surface area contributed by atoms with Crippen LogP contribution >= 0.6 is 11.8 Å². The standard InChI is InChI=1S/C14H20N6OS/c1-9-6-10(2)17-14(16-9)22-8-12-18-13(19-21-12)11-7-15-4-5-20(11)3/h6,11,15H,4-5,7-8H2,1-3H3. The predicted octanol–water partition coefficient (Wildman–Crippen LogP) is 1.34. The monoisotopic (exact) mass is 320 g/mol. The molecule has 1 aliphatic rings. The molecule has 1 saturated heterocycles. The second-order valence-corrected chi connectivity index (χ2v) is 6.41. The molecular weight excluding hydrogens is 300 g/mol. The third kappa shape index (κ3) is 3.63. The van der Waals surface area contributed by atoms with Gasteiger partial charge in [-0.25, -0.2) is 9.97 Å². The lowest BCUT2D eigenvalue weighted by Crippen LogP contribution is -2.44. The van der Waals surface area contributed by atoms with E-state index in [4.69, 9.17) is 4.52 Å². The molecule has 22 heavy (non-hydrogen) atoms. The van der Waals surface area contributed by atoms with Gasteiger partial charge in [0.1, 0.15) is 0 Å². The normalized spacial score (nSPS) is 19.5. The maximum Gasteiger partial charge on any atom is 0.237 e. The van der Waals surface area contributed by atoms with E-state index in [-0.39, 0.29) is 6.04 Å². The molecule has 7 nitrogen and oxygen atoms in total. The lowest BCUT2D eigenvalue weighted by Gasteiger charge is -2.30. The van der Waals surface area contributed by atoms with Crippen molar-refractivity contribution in [2.75, 3.05) is 26.7 Å². The highest BCUT2D eigenvalue weighted by Crippen LogP contribution is 2.22. The topological polar surface area (TPSA) is 80.0 Å². The molecule has 0 bridgehead atoms. The van der Waals surface area contributed by atoms with Crippen molar-refractivity contribution in [1.82, 2.24) is 30.3 Å². The predicted molar refractivity (Wildman–Crippen MR) is 83.6 cm³/mol. The molecule has 0 aromatic carbocycles. The Morgan fingerprint density at radius 3 is 2.82 bits per heavy atom. The largest absolute Gasteiger partial charge is 0.338 e. The maximum atomic E-state index is 5.36. The summed E-state index contributed by atoms with van der Waals surface area (Å²) in [5.74, 6) is 1.94. The maximum absolute atomic E-state index is 5.36. The minimum absolute atomic E-state index is 0.175. The molecule has 0 aliphatic carbocycles. The van der Waals surface area contributed by atoms with Gasteiger partial charge in [-0.1, -0.05) is 16.9 Å². The van der Waals surface area contributed by atoms with Crippen LogP contribution in [0.25, 0.3) is 0 Å². The Hall–Kier alpha value is -1.51.